The molecule has 0 spiro atoms. The van der Waals surface area contributed by atoms with E-state index >= 15 is 0 Å². The van der Waals surface area contributed by atoms with Crippen LogP contribution in [0.2, 0.25) is 20.1 Å². The van der Waals surface area contributed by atoms with Gasteiger partial charge in [0.2, 0.25) is 0 Å². The van der Waals surface area contributed by atoms with E-state index in [0.717, 1.165) is 54.6 Å². The second-order valence-corrected chi connectivity index (χ2v) is 13.4. The number of fused-ring (bicyclic) bond motifs is 3. The van der Waals surface area contributed by atoms with Crippen molar-refractivity contribution in [3.05, 3.63) is 110 Å². The maximum Gasteiger partial charge on any atom is 0.253 e. The van der Waals surface area contributed by atoms with Crippen LogP contribution < -0.4 is 10.1 Å². The Labute approximate surface area is 282 Å². The van der Waals surface area contributed by atoms with Gasteiger partial charge >= 0.3 is 0 Å². The van der Waals surface area contributed by atoms with E-state index in [-0.39, 0.29) is 11.7 Å². The van der Waals surface area contributed by atoms with Gasteiger partial charge in [0.05, 0.1) is 38.3 Å². The number of ketones is 1. The number of piperidine rings is 1. The first-order valence-electron chi connectivity index (χ1n) is 15.0. The lowest BCUT2D eigenvalue weighted by atomic mass is 9.85. The van der Waals surface area contributed by atoms with Crippen LogP contribution in [0, 0.1) is 5.92 Å². The van der Waals surface area contributed by atoms with Gasteiger partial charge in [-0.1, -0.05) is 76.8 Å². The van der Waals surface area contributed by atoms with Crippen LogP contribution in [0.15, 0.2) is 72.9 Å². The highest BCUT2D eigenvalue weighted by Crippen LogP contribution is 2.37. The molecule has 3 aromatic carbocycles. The molecular formula is C35H33Cl4N3O3. The summed E-state index contributed by atoms with van der Waals surface area (Å²) < 4.78 is 7.83. The number of carbonyl (C=O) groups excluding carboxylic acids is 2. The summed E-state index contributed by atoms with van der Waals surface area (Å²) in [7, 11) is 1.65. The number of nitrogens with one attached hydrogen (secondary N) is 1. The van der Waals surface area contributed by atoms with Crippen molar-refractivity contribution in [2.45, 2.75) is 50.9 Å². The molecule has 4 aromatic rings. The molecule has 1 saturated heterocycles. The van der Waals surface area contributed by atoms with Crippen LogP contribution in [0.1, 0.15) is 52.0 Å². The average Bonchev–Trinajstić information content (AvgIpc) is 3.52. The first-order valence-corrected chi connectivity index (χ1v) is 16.5. The van der Waals surface area contributed by atoms with Crippen LogP contribution in [-0.2, 0) is 13.1 Å². The number of Topliss-reactive ketones (excluding diaryl/α,β-unsaturated/α-hetero) is 1. The Kier molecular flexibility index (Phi) is 9.79. The van der Waals surface area contributed by atoms with E-state index in [1.165, 1.54) is 0 Å². The molecule has 1 fully saturated rings. The van der Waals surface area contributed by atoms with Gasteiger partial charge < -0.3 is 14.6 Å². The number of halogens is 4. The minimum atomic E-state index is -0.169. The summed E-state index contributed by atoms with van der Waals surface area (Å²) in [4.78, 5) is 28.9. The topological polar surface area (TPSA) is 63.6 Å². The zero-order valence-corrected chi connectivity index (χ0v) is 27.8. The Morgan fingerprint density at radius 2 is 1.60 bits per heavy atom. The molecule has 0 aliphatic carbocycles. The van der Waals surface area contributed by atoms with Crippen molar-refractivity contribution < 1.29 is 14.3 Å². The molecule has 6 nitrogen and oxygen atoms in total. The van der Waals surface area contributed by atoms with Crippen molar-refractivity contribution in [3.63, 3.8) is 0 Å². The molecule has 2 bridgehead atoms. The zero-order valence-electron chi connectivity index (χ0n) is 24.7. The van der Waals surface area contributed by atoms with E-state index in [2.05, 4.69) is 26.9 Å². The number of carbonyl (C=O) groups is 2. The fourth-order valence-electron chi connectivity index (χ4n) is 6.68. The number of para-hydroxylation sites is 1. The van der Waals surface area contributed by atoms with Crippen molar-refractivity contribution in [1.82, 2.24) is 14.8 Å². The van der Waals surface area contributed by atoms with Crippen LogP contribution in [0.25, 0.3) is 10.9 Å². The third-order valence-corrected chi connectivity index (χ3v) is 10.3. The van der Waals surface area contributed by atoms with Crippen LogP contribution in [-0.4, -0.2) is 46.9 Å². The van der Waals surface area contributed by atoms with Gasteiger partial charge in [-0.25, -0.2) is 0 Å². The first kappa shape index (κ1) is 32.0. The molecule has 3 atom stereocenters. The number of hydrogen-bond acceptors (Lipinski definition) is 4. The zero-order chi connectivity index (χ0) is 31.7. The maximum absolute atomic E-state index is 13.4. The van der Waals surface area contributed by atoms with Crippen LogP contribution in [0.4, 0.5) is 0 Å². The monoisotopic (exact) mass is 683 g/mol. The summed E-state index contributed by atoms with van der Waals surface area (Å²) in [6, 6.07) is 16.8. The minimum absolute atomic E-state index is 0.108. The molecule has 1 aromatic heterocycles. The predicted octanol–water partition coefficient (Wildman–Crippen LogP) is 8.88. The SMILES string of the molecule is COc1cccc2c(C(=O)NCc3ccc(Cl)c(Cl)c3)cn(CCCN3[C@@H]4C=C[C@H]3CC(CC(=O)c3ccc(Cl)c(Cl)c3)C4)c12. The number of aromatic nitrogens is 1. The van der Waals surface area contributed by atoms with E-state index in [9.17, 15) is 9.59 Å². The highest BCUT2D eigenvalue weighted by Gasteiger charge is 2.37. The van der Waals surface area contributed by atoms with Crippen molar-refractivity contribution in [3.8, 4) is 5.75 Å². The molecule has 2 aliphatic heterocycles. The number of methoxy groups -OCH3 is 1. The lowest BCUT2D eigenvalue weighted by Crippen LogP contribution is -2.44. The van der Waals surface area contributed by atoms with E-state index in [0.29, 0.717) is 62.2 Å². The van der Waals surface area contributed by atoms with E-state index in [1.54, 1.807) is 37.4 Å². The lowest BCUT2D eigenvalue weighted by molar-refractivity contribution is 0.0851. The number of aryl methyl sites for hydroxylation is 1. The molecule has 1 amide bonds. The predicted molar refractivity (Wildman–Crippen MR) is 182 cm³/mol. The Hall–Kier alpha value is -3.00. The normalized spacial score (nSPS) is 19.3. The molecule has 1 N–H and O–H groups in total. The Morgan fingerprint density at radius 3 is 2.29 bits per heavy atom. The highest BCUT2D eigenvalue weighted by molar-refractivity contribution is 6.42. The molecule has 3 heterocycles. The lowest BCUT2D eigenvalue weighted by Gasteiger charge is -2.39. The van der Waals surface area contributed by atoms with Crippen LogP contribution >= 0.6 is 46.4 Å². The summed E-state index contributed by atoms with van der Waals surface area (Å²) in [6.07, 6.45) is 9.80. The van der Waals surface area contributed by atoms with E-state index in [1.807, 2.05) is 30.5 Å². The smallest absolute Gasteiger partial charge is 0.253 e. The Morgan fingerprint density at radius 1 is 0.889 bits per heavy atom. The standard InChI is InChI=1S/C35H33Cl4N3O3/c1-45-33-5-2-4-26-27(35(44)40-19-21-6-10-28(36)30(38)16-21)20-41(34(26)33)12-3-13-42-24-8-9-25(42)15-22(14-24)17-32(43)23-7-11-29(37)31(39)18-23/h2,4-11,16,18,20,22,24-25H,3,12-15,17,19H2,1H3,(H,40,44)/t22?,24-,25+. The summed E-state index contributed by atoms with van der Waals surface area (Å²) >= 11 is 24.4. The molecule has 234 valence electrons. The van der Waals surface area contributed by atoms with Gasteiger partial charge in [0.25, 0.3) is 5.91 Å². The summed E-state index contributed by atoms with van der Waals surface area (Å²) in [5.41, 5.74) is 2.98. The highest BCUT2D eigenvalue weighted by atomic mass is 35.5. The van der Waals surface area contributed by atoms with Crippen molar-refractivity contribution in [2.75, 3.05) is 13.7 Å². The summed E-state index contributed by atoms with van der Waals surface area (Å²) in [5.74, 6) is 0.982. The number of amides is 1. The molecule has 45 heavy (non-hydrogen) atoms. The van der Waals surface area contributed by atoms with Crippen LogP contribution in [0.5, 0.6) is 5.75 Å². The van der Waals surface area contributed by atoms with Gasteiger partial charge in [-0.3, -0.25) is 14.5 Å². The average molecular weight is 685 g/mol. The largest absolute Gasteiger partial charge is 0.495 e. The number of ether oxygens (including phenoxy) is 1. The molecular weight excluding hydrogens is 652 g/mol. The van der Waals surface area contributed by atoms with Crippen LogP contribution in [0.3, 0.4) is 0 Å². The number of rotatable bonds is 11. The van der Waals surface area contributed by atoms with Gasteiger partial charge in [0, 0.05) is 55.3 Å². The Balaban J connectivity index is 1.09. The van der Waals surface area contributed by atoms with Gasteiger partial charge in [0.1, 0.15) is 5.75 Å². The van der Waals surface area contributed by atoms with Gasteiger partial charge in [-0.2, -0.15) is 0 Å². The molecule has 6 rings (SSSR count). The molecule has 2 aliphatic rings. The molecule has 0 saturated carbocycles. The summed E-state index contributed by atoms with van der Waals surface area (Å²) in [5, 5.41) is 5.65. The fraction of sp³-hybridized carbons (Fsp3) is 0.314. The van der Waals surface area contributed by atoms with Crippen molar-refractivity contribution >= 4 is 69.0 Å². The molecule has 10 heteroatoms. The minimum Gasteiger partial charge on any atom is -0.495 e. The van der Waals surface area contributed by atoms with Crippen molar-refractivity contribution in [1.29, 1.82) is 0 Å². The Bertz CT molecular complexity index is 1770. The van der Waals surface area contributed by atoms with E-state index < -0.39 is 0 Å². The van der Waals surface area contributed by atoms with E-state index in [4.69, 9.17) is 51.1 Å². The summed E-state index contributed by atoms with van der Waals surface area (Å²) in [6.45, 7) is 1.97. The molecule has 0 radical (unpaired) electrons. The number of nitrogens with zero attached hydrogens (tertiary/aromatic N) is 2. The second-order valence-electron chi connectivity index (χ2n) is 11.7. The second kappa shape index (κ2) is 13.8. The van der Waals surface area contributed by atoms with Gasteiger partial charge in [-0.15, -0.1) is 0 Å². The van der Waals surface area contributed by atoms with Crippen molar-refractivity contribution in [2.24, 2.45) is 5.92 Å². The quantitative estimate of drug-likeness (QED) is 0.127. The first-order chi connectivity index (χ1) is 21.7. The third kappa shape index (κ3) is 6.91. The number of hydrogen-bond donors (Lipinski definition) is 1. The number of benzene rings is 3. The van der Waals surface area contributed by atoms with Gasteiger partial charge in [0.15, 0.2) is 5.78 Å². The van der Waals surface area contributed by atoms with Gasteiger partial charge in [-0.05, 0) is 67.1 Å². The fourth-order valence-corrected chi connectivity index (χ4v) is 7.30. The molecule has 1 unspecified atom stereocenters. The maximum atomic E-state index is 13.4. The third-order valence-electron chi connectivity index (χ3n) is 8.85.